The highest BCUT2D eigenvalue weighted by Gasteiger charge is 2.32. The van der Waals surface area contributed by atoms with Gasteiger partial charge in [0.15, 0.2) is 0 Å². The number of hydrogen-bond donors (Lipinski definition) is 1. The lowest BCUT2D eigenvalue weighted by Gasteiger charge is -2.13. The predicted octanol–water partition coefficient (Wildman–Crippen LogP) is 4.62. The quantitative estimate of drug-likeness (QED) is 0.742. The van der Waals surface area contributed by atoms with Gasteiger partial charge < -0.3 is 10.1 Å². The van der Waals surface area contributed by atoms with Gasteiger partial charge in [0, 0.05) is 5.56 Å². The highest BCUT2D eigenvalue weighted by Crippen LogP contribution is 2.30. The van der Waals surface area contributed by atoms with E-state index < -0.39 is 6.36 Å². The SMILES string of the molecule is CC(=CCCNCC(C)C)c1ccccc1OC(F)(F)F. The smallest absolute Gasteiger partial charge is 0.405 e. The summed E-state index contributed by atoms with van der Waals surface area (Å²) in [7, 11) is 0. The van der Waals surface area contributed by atoms with E-state index in [1.807, 2.05) is 6.08 Å². The molecule has 1 N–H and O–H groups in total. The lowest BCUT2D eigenvalue weighted by molar-refractivity contribution is -0.274. The van der Waals surface area contributed by atoms with Crippen LogP contribution in [0.3, 0.4) is 0 Å². The van der Waals surface area contributed by atoms with Crippen molar-refractivity contribution in [2.75, 3.05) is 13.1 Å². The number of hydrogen-bond acceptors (Lipinski definition) is 2. The maximum absolute atomic E-state index is 12.4. The maximum Gasteiger partial charge on any atom is 0.573 e. The standard InChI is InChI=1S/C16H22F3NO/c1-12(2)11-20-10-6-7-13(3)14-8-4-5-9-15(14)21-16(17,18)19/h4-5,7-9,12,20H,6,10-11H2,1-3H3. The molecule has 0 aliphatic heterocycles. The van der Waals surface area contributed by atoms with E-state index in [0.717, 1.165) is 25.1 Å². The molecule has 1 rings (SSSR count). The van der Waals surface area contributed by atoms with E-state index in [9.17, 15) is 13.2 Å². The molecule has 0 atom stereocenters. The Hall–Kier alpha value is -1.49. The zero-order valence-electron chi connectivity index (χ0n) is 12.6. The van der Waals surface area contributed by atoms with Crippen LogP contribution in [0.25, 0.3) is 5.57 Å². The third kappa shape index (κ3) is 7.18. The Bertz CT molecular complexity index is 467. The van der Waals surface area contributed by atoms with Gasteiger partial charge in [-0.2, -0.15) is 0 Å². The molecule has 0 aromatic heterocycles. The third-order valence-electron chi connectivity index (χ3n) is 2.86. The molecule has 0 unspecified atom stereocenters. The molecule has 1 aromatic carbocycles. The van der Waals surface area contributed by atoms with Crippen LogP contribution in [-0.2, 0) is 0 Å². The van der Waals surface area contributed by atoms with Gasteiger partial charge >= 0.3 is 6.36 Å². The number of para-hydroxylation sites is 1. The summed E-state index contributed by atoms with van der Waals surface area (Å²) < 4.78 is 41.1. The van der Waals surface area contributed by atoms with E-state index in [1.54, 1.807) is 19.1 Å². The first kappa shape index (κ1) is 17.6. The second-order valence-corrected chi connectivity index (χ2v) is 5.32. The Morgan fingerprint density at radius 1 is 1.29 bits per heavy atom. The van der Waals surface area contributed by atoms with Crippen molar-refractivity contribution in [1.82, 2.24) is 5.32 Å². The monoisotopic (exact) mass is 301 g/mol. The van der Waals surface area contributed by atoms with E-state index in [0.29, 0.717) is 11.5 Å². The zero-order valence-corrected chi connectivity index (χ0v) is 12.6. The van der Waals surface area contributed by atoms with Crippen LogP contribution in [0.2, 0.25) is 0 Å². The lowest BCUT2D eigenvalue weighted by Crippen LogP contribution is -2.20. The van der Waals surface area contributed by atoms with Crippen LogP contribution in [0.5, 0.6) is 5.75 Å². The summed E-state index contributed by atoms with van der Waals surface area (Å²) >= 11 is 0. The van der Waals surface area contributed by atoms with Gasteiger partial charge in [0.05, 0.1) is 0 Å². The van der Waals surface area contributed by atoms with Gasteiger partial charge in [-0.05, 0) is 44.0 Å². The number of halogens is 3. The topological polar surface area (TPSA) is 21.3 Å². The van der Waals surface area contributed by atoms with Gasteiger partial charge in [-0.25, -0.2) is 0 Å². The van der Waals surface area contributed by atoms with Crippen molar-refractivity contribution in [3.63, 3.8) is 0 Å². The first-order chi connectivity index (χ1) is 9.79. The van der Waals surface area contributed by atoms with Crippen LogP contribution in [0.15, 0.2) is 30.3 Å². The molecule has 0 aliphatic carbocycles. The van der Waals surface area contributed by atoms with Crippen LogP contribution < -0.4 is 10.1 Å². The molecule has 0 saturated heterocycles. The number of ether oxygens (including phenoxy) is 1. The fraction of sp³-hybridized carbons (Fsp3) is 0.500. The van der Waals surface area contributed by atoms with Crippen LogP contribution in [0.1, 0.15) is 32.8 Å². The highest BCUT2D eigenvalue weighted by atomic mass is 19.4. The van der Waals surface area contributed by atoms with Crippen molar-refractivity contribution in [3.8, 4) is 5.75 Å². The zero-order chi connectivity index (χ0) is 15.9. The molecule has 0 fully saturated rings. The fourth-order valence-corrected chi connectivity index (χ4v) is 1.90. The highest BCUT2D eigenvalue weighted by molar-refractivity contribution is 5.68. The first-order valence-electron chi connectivity index (χ1n) is 7.02. The molecule has 2 nitrogen and oxygen atoms in total. The van der Waals surface area contributed by atoms with Crippen molar-refractivity contribution in [3.05, 3.63) is 35.9 Å². The summed E-state index contributed by atoms with van der Waals surface area (Å²) in [4.78, 5) is 0. The number of benzene rings is 1. The Labute approximate surface area is 124 Å². The fourth-order valence-electron chi connectivity index (χ4n) is 1.90. The number of nitrogens with one attached hydrogen (secondary N) is 1. The van der Waals surface area contributed by atoms with Gasteiger partial charge in [0.2, 0.25) is 0 Å². The summed E-state index contributed by atoms with van der Waals surface area (Å²) in [6.07, 6.45) is -1.99. The molecule has 0 bridgehead atoms. The normalized spacial score (nSPS) is 12.8. The second-order valence-electron chi connectivity index (χ2n) is 5.32. The van der Waals surface area contributed by atoms with Crippen molar-refractivity contribution in [1.29, 1.82) is 0 Å². The predicted molar refractivity (Wildman–Crippen MR) is 79.1 cm³/mol. The molecule has 0 amide bonds. The van der Waals surface area contributed by atoms with Gasteiger partial charge in [-0.3, -0.25) is 0 Å². The van der Waals surface area contributed by atoms with Crippen LogP contribution in [0, 0.1) is 5.92 Å². The van der Waals surface area contributed by atoms with E-state index in [2.05, 4.69) is 23.9 Å². The summed E-state index contributed by atoms with van der Waals surface area (Å²) in [5.74, 6) is 0.421. The average Bonchev–Trinajstić information content (AvgIpc) is 2.36. The van der Waals surface area contributed by atoms with Gasteiger partial charge in [0.1, 0.15) is 5.75 Å². The molecule has 118 valence electrons. The van der Waals surface area contributed by atoms with Crippen LogP contribution in [-0.4, -0.2) is 19.5 Å². The number of rotatable bonds is 7. The average molecular weight is 301 g/mol. The Morgan fingerprint density at radius 3 is 2.57 bits per heavy atom. The number of allylic oxidation sites excluding steroid dienone is 1. The first-order valence-corrected chi connectivity index (χ1v) is 7.02. The second kappa shape index (κ2) is 8.08. The molecule has 0 spiro atoms. The van der Waals surface area contributed by atoms with Crippen molar-refractivity contribution >= 4 is 5.57 Å². The van der Waals surface area contributed by atoms with E-state index in [-0.39, 0.29) is 5.75 Å². The molecule has 0 saturated carbocycles. The largest absolute Gasteiger partial charge is 0.573 e. The van der Waals surface area contributed by atoms with E-state index >= 15 is 0 Å². The summed E-state index contributed by atoms with van der Waals surface area (Å²) in [6, 6.07) is 6.20. The molecule has 21 heavy (non-hydrogen) atoms. The summed E-state index contributed by atoms with van der Waals surface area (Å²) in [5.41, 5.74) is 1.25. The molecule has 5 heteroatoms. The summed E-state index contributed by atoms with van der Waals surface area (Å²) in [5, 5.41) is 3.29. The van der Waals surface area contributed by atoms with Crippen molar-refractivity contribution < 1.29 is 17.9 Å². The minimum atomic E-state index is -4.67. The minimum absolute atomic E-state index is 0.158. The van der Waals surface area contributed by atoms with Gasteiger partial charge in [-0.15, -0.1) is 13.2 Å². The van der Waals surface area contributed by atoms with E-state index in [1.165, 1.54) is 12.1 Å². The molecular weight excluding hydrogens is 279 g/mol. The third-order valence-corrected chi connectivity index (χ3v) is 2.86. The van der Waals surface area contributed by atoms with Crippen molar-refractivity contribution in [2.45, 2.75) is 33.6 Å². The molecule has 0 heterocycles. The van der Waals surface area contributed by atoms with Gasteiger partial charge in [-0.1, -0.05) is 38.1 Å². The Kier molecular flexibility index (Phi) is 6.75. The van der Waals surface area contributed by atoms with Gasteiger partial charge in [0.25, 0.3) is 0 Å². The molecule has 0 aliphatic rings. The summed E-state index contributed by atoms with van der Waals surface area (Å²) in [6.45, 7) is 7.77. The van der Waals surface area contributed by atoms with E-state index in [4.69, 9.17) is 0 Å². The molecule has 0 radical (unpaired) electrons. The number of alkyl halides is 3. The lowest BCUT2D eigenvalue weighted by atomic mass is 10.1. The molecular formula is C16H22F3NO. The minimum Gasteiger partial charge on any atom is -0.405 e. The Balaban J connectivity index is 2.66. The molecule has 1 aromatic rings. The maximum atomic E-state index is 12.4. The Morgan fingerprint density at radius 2 is 1.95 bits per heavy atom. The van der Waals surface area contributed by atoms with Crippen LogP contribution in [0.4, 0.5) is 13.2 Å². The van der Waals surface area contributed by atoms with Crippen LogP contribution >= 0.6 is 0 Å². The van der Waals surface area contributed by atoms with Crippen molar-refractivity contribution in [2.24, 2.45) is 5.92 Å².